The van der Waals surface area contributed by atoms with E-state index in [-0.39, 0.29) is 12.0 Å². The first-order valence-corrected chi connectivity index (χ1v) is 11.3. The highest BCUT2D eigenvalue weighted by molar-refractivity contribution is 5.82. The van der Waals surface area contributed by atoms with Gasteiger partial charge in [0.25, 0.3) is 5.91 Å². The van der Waals surface area contributed by atoms with Crippen LogP contribution in [0.1, 0.15) is 31.7 Å². The first-order valence-electron chi connectivity index (χ1n) is 11.3. The molecule has 3 rings (SSSR count). The lowest BCUT2D eigenvalue weighted by Crippen LogP contribution is -2.55. The number of ether oxygens (including phenoxy) is 2. The normalized spacial score (nSPS) is 19.9. The van der Waals surface area contributed by atoms with Crippen molar-refractivity contribution in [1.29, 1.82) is 0 Å². The number of carbonyl (C=O) groups excluding carboxylic acids is 1. The Morgan fingerprint density at radius 2 is 1.93 bits per heavy atom. The van der Waals surface area contributed by atoms with Gasteiger partial charge in [-0.1, -0.05) is 30.3 Å². The van der Waals surface area contributed by atoms with Crippen molar-refractivity contribution in [3.8, 4) is 0 Å². The smallest absolute Gasteiger partial charge is 0.251 e. The summed E-state index contributed by atoms with van der Waals surface area (Å²) in [4.78, 5) is 21.5. The molecule has 2 heterocycles. The summed E-state index contributed by atoms with van der Waals surface area (Å²) in [6.07, 6.45) is 3.48. The van der Waals surface area contributed by atoms with E-state index in [1.165, 1.54) is 5.56 Å². The fourth-order valence-corrected chi connectivity index (χ4v) is 3.83. The van der Waals surface area contributed by atoms with E-state index in [0.29, 0.717) is 6.61 Å². The van der Waals surface area contributed by atoms with Gasteiger partial charge in [-0.05, 0) is 38.2 Å². The summed E-state index contributed by atoms with van der Waals surface area (Å²) >= 11 is 0. The van der Waals surface area contributed by atoms with E-state index >= 15 is 0 Å². The molecule has 0 aliphatic carbocycles. The van der Waals surface area contributed by atoms with Gasteiger partial charge >= 0.3 is 0 Å². The third-order valence-corrected chi connectivity index (χ3v) is 5.52. The van der Waals surface area contributed by atoms with Crippen LogP contribution in [-0.2, 0) is 20.7 Å². The van der Waals surface area contributed by atoms with Crippen LogP contribution in [0, 0.1) is 0 Å². The van der Waals surface area contributed by atoms with Crippen LogP contribution in [-0.4, -0.2) is 86.9 Å². The second-order valence-corrected chi connectivity index (χ2v) is 7.75. The summed E-state index contributed by atoms with van der Waals surface area (Å²) in [5.74, 6) is 1.09. The van der Waals surface area contributed by atoms with Crippen molar-refractivity contribution < 1.29 is 14.3 Å². The van der Waals surface area contributed by atoms with Gasteiger partial charge in [0, 0.05) is 52.5 Å². The Balaban J connectivity index is 1.34. The second kappa shape index (κ2) is 12.5. The highest BCUT2D eigenvalue weighted by Crippen LogP contribution is 2.16. The highest BCUT2D eigenvalue weighted by atomic mass is 16.5. The van der Waals surface area contributed by atoms with Crippen molar-refractivity contribution in [2.45, 2.75) is 38.7 Å². The molecule has 0 bridgehead atoms. The molecule has 0 radical (unpaired) electrons. The summed E-state index contributed by atoms with van der Waals surface area (Å²) in [5, 5.41) is 3.38. The van der Waals surface area contributed by atoms with Crippen LogP contribution >= 0.6 is 0 Å². The molecule has 2 aliphatic rings. The Labute approximate surface area is 180 Å². The lowest BCUT2D eigenvalue weighted by molar-refractivity contribution is -0.142. The second-order valence-electron chi connectivity index (χ2n) is 7.75. The Morgan fingerprint density at radius 1 is 1.17 bits per heavy atom. The minimum absolute atomic E-state index is 0.154. The summed E-state index contributed by atoms with van der Waals surface area (Å²) in [6.45, 7) is 8.90. The average Bonchev–Trinajstić information content (AvgIpc) is 3.33. The largest absolute Gasteiger partial charge is 0.381 e. The van der Waals surface area contributed by atoms with Gasteiger partial charge in [0.15, 0.2) is 5.96 Å². The van der Waals surface area contributed by atoms with E-state index in [1.807, 2.05) is 11.0 Å². The van der Waals surface area contributed by atoms with Crippen LogP contribution in [0.4, 0.5) is 0 Å². The molecule has 1 unspecified atom stereocenters. The molecule has 7 heteroatoms. The quantitative estimate of drug-likeness (QED) is 0.379. The number of aliphatic imine (C=N–C) groups is 1. The minimum Gasteiger partial charge on any atom is -0.381 e. The van der Waals surface area contributed by atoms with Crippen LogP contribution in [0.5, 0.6) is 0 Å². The predicted molar refractivity (Wildman–Crippen MR) is 119 cm³/mol. The van der Waals surface area contributed by atoms with Crippen molar-refractivity contribution in [2.24, 2.45) is 4.99 Å². The number of carbonyl (C=O) groups is 1. The molecule has 1 atom stereocenters. The van der Waals surface area contributed by atoms with Gasteiger partial charge in [0.05, 0.1) is 6.61 Å². The summed E-state index contributed by atoms with van der Waals surface area (Å²) in [7, 11) is 0. The highest BCUT2D eigenvalue weighted by Gasteiger charge is 2.30. The molecule has 2 saturated heterocycles. The number of guanidine groups is 1. The number of benzene rings is 1. The lowest BCUT2D eigenvalue weighted by atomic mass is 10.2. The van der Waals surface area contributed by atoms with E-state index < -0.39 is 0 Å². The number of hydrogen-bond acceptors (Lipinski definition) is 4. The van der Waals surface area contributed by atoms with Crippen molar-refractivity contribution in [1.82, 2.24) is 15.1 Å². The van der Waals surface area contributed by atoms with E-state index in [0.717, 1.165) is 84.1 Å². The summed E-state index contributed by atoms with van der Waals surface area (Å²) in [5.41, 5.74) is 1.31. The van der Waals surface area contributed by atoms with Crippen molar-refractivity contribution in [3.63, 3.8) is 0 Å². The fourth-order valence-electron chi connectivity index (χ4n) is 3.83. The SMILES string of the molecule is CCNC(=NCCCOCCc1ccccc1)N1CCN(C(=O)C2CCCO2)CC1. The van der Waals surface area contributed by atoms with Crippen LogP contribution in [0.25, 0.3) is 0 Å². The van der Waals surface area contributed by atoms with Crippen molar-refractivity contribution in [2.75, 3.05) is 59.1 Å². The number of nitrogens with zero attached hydrogens (tertiary/aromatic N) is 3. The molecule has 166 valence electrons. The Morgan fingerprint density at radius 3 is 2.63 bits per heavy atom. The third-order valence-electron chi connectivity index (χ3n) is 5.52. The van der Waals surface area contributed by atoms with Gasteiger partial charge in [-0.3, -0.25) is 9.79 Å². The molecule has 0 saturated carbocycles. The summed E-state index contributed by atoms with van der Waals surface area (Å²) < 4.78 is 11.3. The monoisotopic (exact) mass is 416 g/mol. The predicted octanol–water partition coefficient (Wildman–Crippen LogP) is 1.92. The third kappa shape index (κ3) is 6.99. The molecular formula is C23H36N4O3. The number of amides is 1. The molecule has 30 heavy (non-hydrogen) atoms. The molecule has 1 aromatic rings. The summed E-state index contributed by atoms with van der Waals surface area (Å²) in [6, 6.07) is 10.4. The molecule has 0 aromatic heterocycles. The van der Waals surface area contributed by atoms with Gasteiger partial charge in [-0.2, -0.15) is 0 Å². The van der Waals surface area contributed by atoms with E-state index in [9.17, 15) is 4.79 Å². The maximum Gasteiger partial charge on any atom is 0.251 e. The first-order chi connectivity index (χ1) is 14.8. The maximum absolute atomic E-state index is 12.5. The van der Waals surface area contributed by atoms with Crippen LogP contribution in [0.15, 0.2) is 35.3 Å². The van der Waals surface area contributed by atoms with Crippen LogP contribution in [0.3, 0.4) is 0 Å². The van der Waals surface area contributed by atoms with Crippen molar-refractivity contribution in [3.05, 3.63) is 35.9 Å². The lowest BCUT2D eigenvalue weighted by Gasteiger charge is -2.37. The molecule has 2 aliphatic heterocycles. The van der Waals surface area contributed by atoms with Gasteiger partial charge in [0.1, 0.15) is 6.10 Å². The Kier molecular flexibility index (Phi) is 9.44. The van der Waals surface area contributed by atoms with Gasteiger partial charge in [-0.25, -0.2) is 0 Å². The zero-order chi connectivity index (χ0) is 21.0. The average molecular weight is 417 g/mol. The van der Waals surface area contributed by atoms with Crippen molar-refractivity contribution >= 4 is 11.9 Å². The molecule has 1 amide bonds. The maximum atomic E-state index is 12.5. The molecule has 7 nitrogen and oxygen atoms in total. The molecule has 2 fully saturated rings. The number of hydrogen-bond donors (Lipinski definition) is 1. The van der Waals surface area contributed by atoms with E-state index in [4.69, 9.17) is 14.5 Å². The fraction of sp³-hybridized carbons (Fsp3) is 0.652. The Hall–Kier alpha value is -2.12. The van der Waals surface area contributed by atoms with E-state index in [1.54, 1.807) is 0 Å². The van der Waals surface area contributed by atoms with Gasteiger partial charge in [0.2, 0.25) is 0 Å². The minimum atomic E-state index is -0.222. The number of piperazine rings is 1. The molecule has 1 aromatic carbocycles. The molecule has 0 spiro atoms. The van der Waals surface area contributed by atoms with E-state index in [2.05, 4.69) is 41.4 Å². The van der Waals surface area contributed by atoms with Gasteiger partial charge in [-0.15, -0.1) is 0 Å². The zero-order valence-electron chi connectivity index (χ0n) is 18.2. The zero-order valence-corrected chi connectivity index (χ0v) is 18.2. The van der Waals surface area contributed by atoms with Crippen LogP contribution in [0.2, 0.25) is 0 Å². The number of rotatable bonds is 9. The Bertz CT molecular complexity index is 654. The van der Waals surface area contributed by atoms with Crippen LogP contribution < -0.4 is 5.32 Å². The topological polar surface area (TPSA) is 66.4 Å². The molecular weight excluding hydrogens is 380 g/mol. The number of nitrogens with one attached hydrogen (secondary N) is 1. The van der Waals surface area contributed by atoms with Gasteiger partial charge < -0.3 is 24.6 Å². The first kappa shape index (κ1) is 22.6. The molecule has 1 N–H and O–H groups in total. The standard InChI is InChI=1S/C23H36N4O3/c1-2-24-23(25-12-7-17-29-19-11-20-8-4-3-5-9-20)27-15-13-26(14-16-27)22(28)21-10-6-18-30-21/h3-5,8-9,21H,2,6-7,10-19H2,1H3,(H,24,25).